The van der Waals surface area contributed by atoms with Crippen molar-refractivity contribution in [1.29, 1.82) is 0 Å². The van der Waals surface area contributed by atoms with Gasteiger partial charge in [-0.3, -0.25) is 4.79 Å². The minimum absolute atomic E-state index is 0.00422. The molecule has 2 rings (SSSR count). The Labute approximate surface area is 111 Å². The van der Waals surface area contributed by atoms with Crippen LogP contribution in [0.15, 0.2) is 27.8 Å². The van der Waals surface area contributed by atoms with Crippen molar-refractivity contribution in [3.05, 3.63) is 38.9 Å². The summed E-state index contributed by atoms with van der Waals surface area (Å²) >= 11 is 3.19. The van der Waals surface area contributed by atoms with E-state index in [9.17, 15) is 9.18 Å². The van der Waals surface area contributed by atoms with Gasteiger partial charge in [-0.2, -0.15) is 0 Å². The molecule has 1 aliphatic rings. The van der Waals surface area contributed by atoms with Crippen LogP contribution in [0.3, 0.4) is 0 Å². The number of amides is 1. The lowest BCUT2D eigenvalue weighted by molar-refractivity contribution is -0.117. The first-order chi connectivity index (χ1) is 8.60. The monoisotopic (exact) mass is 312 g/mol. The highest BCUT2D eigenvalue weighted by Crippen LogP contribution is 2.28. The van der Waals surface area contributed by atoms with Gasteiger partial charge < -0.3 is 4.90 Å². The van der Waals surface area contributed by atoms with Crippen molar-refractivity contribution in [1.82, 2.24) is 0 Å². The topological polar surface area (TPSA) is 69.1 Å². The average molecular weight is 313 g/mol. The number of hydrogen-bond acceptors (Lipinski definition) is 2. The standard InChI is InChI=1S/C11H10BrFN4O/c12-8-2-9(13)4-10(3-8)17-6-7(1-11(17)18)5-15-16-14/h2-4,7H,1,5-6H2. The SMILES string of the molecule is [N-]=[N+]=NCC1CC(=O)N(c2cc(F)cc(Br)c2)C1. The van der Waals surface area contributed by atoms with E-state index in [1.165, 1.54) is 17.0 Å². The first kappa shape index (κ1) is 12.9. The number of azide groups is 1. The number of anilines is 1. The number of rotatable bonds is 3. The van der Waals surface area contributed by atoms with Gasteiger partial charge in [0, 0.05) is 34.6 Å². The fraction of sp³-hybridized carbons (Fsp3) is 0.364. The number of carbonyl (C=O) groups excluding carboxylic acids is 1. The highest BCUT2D eigenvalue weighted by atomic mass is 79.9. The average Bonchev–Trinajstić information content (AvgIpc) is 2.66. The van der Waals surface area contributed by atoms with E-state index in [0.717, 1.165) is 0 Å². The fourth-order valence-corrected chi connectivity index (χ4v) is 2.45. The van der Waals surface area contributed by atoms with Crippen LogP contribution in [0.1, 0.15) is 6.42 Å². The molecule has 0 radical (unpaired) electrons. The summed E-state index contributed by atoms with van der Waals surface area (Å²) in [5.41, 5.74) is 8.78. The molecule has 0 aromatic heterocycles. The second-order valence-electron chi connectivity index (χ2n) is 4.12. The van der Waals surface area contributed by atoms with Crippen LogP contribution in [0.4, 0.5) is 10.1 Å². The third-order valence-electron chi connectivity index (χ3n) is 2.77. The van der Waals surface area contributed by atoms with Crippen molar-refractivity contribution in [3.8, 4) is 0 Å². The molecule has 1 aromatic rings. The van der Waals surface area contributed by atoms with E-state index in [4.69, 9.17) is 5.53 Å². The van der Waals surface area contributed by atoms with Crippen LogP contribution in [0.5, 0.6) is 0 Å². The number of benzene rings is 1. The molecule has 94 valence electrons. The van der Waals surface area contributed by atoms with Gasteiger partial charge >= 0.3 is 0 Å². The molecule has 1 atom stereocenters. The Kier molecular flexibility index (Phi) is 3.84. The summed E-state index contributed by atoms with van der Waals surface area (Å²) in [6.45, 7) is 0.739. The minimum Gasteiger partial charge on any atom is -0.312 e. The smallest absolute Gasteiger partial charge is 0.227 e. The van der Waals surface area contributed by atoms with Crippen LogP contribution in [0.25, 0.3) is 10.4 Å². The Morgan fingerprint density at radius 2 is 2.33 bits per heavy atom. The molecular weight excluding hydrogens is 303 g/mol. The molecule has 0 saturated carbocycles. The lowest BCUT2D eigenvalue weighted by Crippen LogP contribution is -2.24. The predicted molar refractivity (Wildman–Crippen MR) is 68.6 cm³/mol. The van der Waals surface area contributed by atoms with Crippen molar-refractivity contribution >= 4 is 27.5 Å². The Morgan fingerprint density at radius 3 is 3.00 bits per heavy atom. The van der Waals surface area contributed by atoms with Crippen molar-refractivity contribution in [2.75, 3.05) is 18.0 Å². The fourth-order valence-electron chi connectivity index (χ4n) is 2.00. The molecule has 7 heteroatoms. The Hall–Kier alpha value is -1.59. The number of halogens is 2. The summed E-state index contributed by atoms with van der Waals surface area (Å²) in [4.78, 5) is 16.0. The summed E-state index contributed by atoms with van der Waals surface area (Å²) in [7, 11) is 0. The zero-order valence-corrected chi connectivity index (χ0v) is 11.0. The molecule has 1 aliphatic heterocycles. The Morgan fingerprint density at radius 1 is 1.56 bits per heavy atom. The van der Waals surface area contributed by atoms with Crippen LogP contribution in [-0.4, -0.2) is 19.0 Å². The quantitative estimate of drug-likeness (QED) is 0.480. The Bertz CT molecular complexity index is 510. The number of nitrogens with zero attached hydrogens (tertiary/aromatic N) is 4. The van der Waals surface area contributed by atoms with Crippen LogP contribution in [-0.2, 0) is 4.79 Å². The van der Waals surface area contributed by atoms with Gasteiger partial charge in [-0.25, -0.2) is 4.39 Å². The maximum Gasteiger partial charge on any atom is 0.227 e. The van der Waals surface area contributed by atoms with E-state index < -0.39 is 5.82 Å². The zero-order chi connectivity index (χ0) is 13.1. The molecule has 1 aromatic carbocycles. The molecule has 1 heterocycles. The molecule has 18 heavy (non-hydrogen) atoms. The van der Waals surface area contributed by atoms with Gasteiger partial charge in [0.25, 0.3) is 0 Å². The van der Waals surface area contributed by atoms with Crippen LogP contribution >= 0.6 is 15.9 Å². The second-order valence-corrected chi connectivity index (χ2v) is 5.03. The highest BCUT2D eigenvalue weighted by molar-refractivity contribution is 9.10. The first-order valence-corrected chi connectivity index (χ1v) is 6.17. The molecule has 0 N–H and O–H groups in total. The maximum absolute atomic E-state index is 13.3. The van der Waals surface area contributed by atoms with Crippen molar-refractivity contribution in [2.24, 2.45) is 11.0 Å². The van der Waals surface area contributed by atoms with E-state index in [1.807, 2.05) is 0 Å². The molecule has 1 fully saturated rings. The van der Waals surface area contributed by atoms with E-state index >= 15 is 0 Å². The number of hydrogen-bond donors (Lipinski definition) is 0. The van der Waals surface area contributed by atoms with Crippen molar-refractivity contribution in [3.63, 3.8) is 0 Å². The predicted octanol–water partition coefficient (Wildman–Crippen LogP) is 3.25. The summed E-state index contributed by atoms with van der Waals surface area (Å²) in [5, 5.41) is 3.47. The lowest BCUT2D eigenvalue weighted by atomic mass is 10.1. The van der Waals surface area contributed by atoms with Gasteiger partial charge in [0.2, 0.25) is 5.91 Å². The number of carbonyl (C=O) groups is 1. The van der Waals surface area contributed by atoms with Crippen molar-refractivity contribution in [2.45, 2.75) is 6.42 Å². The van der Waals surface area contributed by atoms with E-state index in [1.54, 1.807) is 6.07 Å². The second kappa shape index (κ2) is 5.37. The molecule has 0 bridgehead atoms. The van der Waals surface area contributed by atoms with Crippen LogP contribution in [0.2, 0.25) is 0 Å². The van der Waals surface area contributed by atoms with Crippen molar-refractivity contribution < 1.29 is 9.18 Å². The Balaban J connectivity index is 2.18. The zero-order valence-electron chi connectivity index (χ0n) is 9.38. The van der Waals surface area contributed by atoms with Gasteiger partial charge in [-0.1, -0.05) is 21.0 Å². The van der Waals surface area contributed by atoms with Crippen LogP contribution in [0, 0.1) is 11.7 Å². The van der Waals surface area contributed by atoms with E-state index in [2.05, 4.69) is 26.0 Å². The molecule has 1 amide bonds. The third kappa shape index (κ3) is 2.80. The van der Waals surface area contributed by atoms with Gasteiger partial charge in [-0.05, 0) is 29.6 Å². The molecular formula is C11H10BrFN4O. The van der Waals surface area contributed by atoms with E-state index in [-0.39, 0.29) is 18.4 Å². The normalized spacial score (nSPS) is 18.9. The molecule has 1 saturated heterocycles. The molecule has 0 spiro atoms. The lowest BCUT2D eigenvalue weighted by Gasteiger charge is -2.16. The van der Waals surface area contributed by atoms with Gasteiger partial charge in [0.05, 0.1) is 0 Å². The summed E-state index contributed by atoms with van der Waals surface area (Å²) in [6.07, 6.45) is 0.327. The minimum atomic E-state index is -0.398. The summed E-state index contributed by atoms with van der Waals surface area (Å²) in [6, 6.07) is 4.34. The summed E-state index contributed by atoms with van der Waals surface area (Å²) in [5.74, 6) is -0.480. The van der Waals surface area contributed by atoms with Crippen LogP contribution < -0.4 is 4.90 Å². The van der Waals surface area contributed by atoms with Gasteiger partial charge in [0.1, 0.15) is 5.82 Å². The molecule has 1 unspecified atom stereocenters. The largest absolute Gasteiger partial charge is 0.312 e. The van der Waals surface area contributed by atoms with Gasteiger partial charge in [-0.15, -0.1) is 0 Å². The summed E-state index contributed by atoms with van der Waals surface area (Å²) < 4.78 is 13.9. The van der Waals surface area contributed by atoms with E-state index in [0.29, 0.717) is 23.1 Å². The highest BCUT2D eigenvalue weighted by Gasteiger charge is 2.30. The third-order valence-corrected chi connectivity index (χ3v) is 3.23. The van der Waals surface area contributed by atoms with Gasteiger partial charge in [0.15, 0.2) is 0 Å². The molecule has 0 aliphatic carbocycles. The first-order valence-electron chi connectivity index (χ1n) is 5.37. The maximum atomic E-state index is 13.3. The molecule has 5 nitrogen and oxygen atoms in total.